The number of aryl methyl sites for hydroxylation is 1. The van der Waals surface area contributed by atoms with E-state index in [4.69, 9.17) is 12.2 Å². The number of benzene rings is 2. The van der Waals surface area contributed by atoms with Crippen LogP contribution >= 0.6 is 12.2 Å². The molecule has 0 atom stereocenters. The van der Waals surface area contributed by atoms with Crippen molar-refractivity contribution in [3.05, 3.63) is 88.5 Å². The summed E-state index contributed by atoms with van der Waals surface area (Å²) in [5, 5.41) is 2.66. The van der Waals surface area contributed by atoms with Crippen LogP contribution in [0.2, 0.25) is 0 Å². The van der Waals surface area contributed by atoms with Gasteiger partial charge in [-0.3, -0.25) is 19.8 Å². The van der Waals surface area contributed by atoms with E-state index in [9.17, 15) is 14.0 Å². The molecular weight excluding hydrogens is 437 g/mol. The molecule has 168 valence electrons. The Balaban J connectivity index is 1.73. The molecule has 1 saturated heterocycles. The van der Waals surface area contributed by atoms with Crippen molar-refractivity contribution in [2.24, 2.45) is 0 Å². The van der Waals surface area contributed by atoms with Crippen LogP contribution in [-0.2, 0) is 9.59 Å². The molecule has 3 aromatic rings. The topological polar surface area (TPSA) is 54.3 Å². The van der Waals surface area contributed by atoms with Gasteiger partial charge in [0, 0.05) is 17.1 Å². The number of thiocarbonyl (C=S) groups is 1. The van der Waals surface area contributed by atoms with E-state index in [2.05, 4.69) is 19.2 Å². The van der Waals surface area contributed by atoms with Crippen LogP contribution in [0.3, 0.4) is 0 Å². The zero-order valence-electron chi connectivity index (χ0n) is 18.8. The summed E-state index contributed by atoms with van der Waals surface area (Å²) in [5.74, 6) is -1.02. The largest absolute Gasteiger partial charge is 0.318 e. The molecule has 1 aromatic heterocycles. The van der Waals surface area contributed by atoms with Gasteiger partial charge in [0.05, 0.1) is 5.69 Å². The second-order valence-electron chi connectivity index (χ2n) is 8.35. The van der Waals surface area contributed by atoms with Crippen LogP contribution in [0, 0.1) is 19.7 Å². The van der Waals surface area contributed by atoms with E-state index >= 15 is 0 Å². The van der Waals surface area contributed by atoms with Crippen molar-refractivity contribution in [2.45, 2.75) is 33.6 Å². The predicted octanol–water partition coefficient (Wildman–Crippen LogP) is 5.19. The first-order valence-electron chi connectivity index (χ1n) is 10.6. The summed E-state index contributed by atoms with van der Waals surface area (Å²) in [6.07, 6.45) is 1.56. The van der Waals surface area contributed by atoms with Gasteiger partial charge in [0.2, 0.25) is 0 Å². The lowest BCUT2D eigenvalue weighted by molar-refractivity contribution is -0.122. The third-order valence-electron chi connectivity index (χ3n) is 5.76. The molecule has 7 heteroatoms. The molecule has 0 saturated carbocycles. The van der Waals surface area contributed by atoms with Crippen molar-refractivity contribution in [2.75, 3.05) is 4.90 Å². The molecule has 2 amide bonds. The molecule has 0 unspecified atom stereocenters. The molecule has 1 aliphatic heterocycles. The maximum absolute atomic E-state index is 13.8. The van der Waals surface area contributed by atoms with Crippen LogP contribution in [0.25, 0.3) is 11.8 Å². The molecule has 2 aromatic carbocycles. The number of nitrogens with one attached hydrogen (secondary N) is 1. The summed E-state index contributed by atoms with van der Waals surface area (Å²) in [4.78, 5) is 27.4. The zero-order valence-corrected chi connectivity index (χ0v) is 19.7. The normalized spacial score (nSPS) is 15.5. The number of anilines is 1. The Morgan fingerprint density at radius 2 is 1.70 bits per heavy atom. The number of carbonyl (C=O) groups is 2. The van der Waals surface area contributed by atoms with Gasteiger partial charge in [0.15, 0.2) is 5.11 Å². The van der Waals surface area contributed by atoms with Crippen molar-refractivity contribution in [3.8, 4) is 5.69 Å². The van der Waals surface area contributed by atoms with Gasteiger partial charge < -0.3 is 4.57 Å². The molecule has 2 heterocycles. The SMILES string of the molecule is Cc1cc(/C=C2\C(=O)NC(=S)N(c3ccc(C(C)C)cc3)C2=O)c(C)n1-c1cccc(F)c1. The number of amides is 2. The Bertz CT molecular complexity index is 1310. The fourth-order valence-corrected chi connectivity index (χ4v) is 4.28. The average molecular weight is 462 g/mol. The molecule has 1 N–H and O–H groups in total. The molecule has 0 bridgehead atoms. The quantitative estimate of drug-likeness (QED) is 0.331. The van der Waals surface area contributed by atoms with Crippen LogP contribution in [0.5, 0.6) is 0 Å². The number of nitrogens with zero attached hydrogens (tertiary/aromatic N) is 2. The summed E-state index contributed by atoms with van der Waals surface area (Å²) in [6.45, 7) is 7.93. The Hall–Kier alpha value is -3.58. The molecule has 33 heavy (non-hydrogen) atoms. The van der Waals surface area contributed by atoms with Crippen molar-refractivity contribution in [1.29, 1.82) is 0 Å². The van der Waals surface area contributed by atoms with Gasteiger partial charge in [-0.1, -0.05) is 32.0 Å². The van der Waals surface area contributed by atoms with Crippen molar-refractivity contribution >= 4 is 40.9 Å². The Kier molecular flexibility index (Phi) is 5.99. The van der Waals surface area contributed by atoms with E-state index < -0.39 is 11.8 Å². The summed E-state index contributed by atoms with van der Waals surface area (Å²) in [6, 6.07) is 15.7. The molecule has 4 rings (SSSR count). The van der Waals surface area contributed by atoms with Crippen molar-refractivity contribution < 1.29 is 14.0 Å². The first kappa shape index (κ1) is 22.6. The first-order chi connectivity index (χ1) is 15.7. The fourth-order valence-electron chi connectivity index (χ4n) is 4.00. The van der Waals surface area contributed by atoms with Gasteiger partial charge >= 0.3 is 0 Å². The van der Waals surface area contributed by atoms with Crippen LogP contribution < -0.4 is 10.2 Å². The van der Waals surface area contributed by atoms with Crippen LogP contribution in [-0.4, -0.2) is 21.5 Å². The monoisotopic (exact) mass is 461 g/mol. The molecule has 5 nitrogen and oxygen atoms in total. The van der Waals surface area contributed by atoms with Gasteiger partial charge in [-0.25, -0.2) is 4.39 Å². The minimum absolute atomic E-state index is 0.0176. The van der Waals surface area contributed by atoms with Crippen LogP contribution in [0.4, 0.5) is 10.1 Å². The number of aromatic nitrogens is 1. The zero-order chi connectivity index (χ0) is 23.9. The van der Waals surface area contributed by atoms with E-state index in [0.717, 1.165) is 17.0 Å². The summed E-state index contributed by atoms with van der Waals surface area (Å²) < 4.78 is 15.7. The van der Waals surface area contributed by atoms with E-state index in [0.29, 0.717) is 22.9 Å². The Morgan fingerprint density at radius 1 is 1.00 bits per heavy atom. The minimum Gasteiger partial charge on any atom is -0.318 e. The maximum atomic E-state index is 13.8. The van der Waals surface area contributed by atoms with E-state index in [-0.39, 0.29) is 16.5 Å². The summed E-state index contributed by atoms with van der Waals surface area (Å²) in [7, 11) is 0. The lowest BCUT2D eigenvalue weighted by Gasteiger charge is -2.29. The molecule has 0 aliphatic carbocycles. The second-order valence-corrected chi connectivity index (χ2v) is 8.73. The molecule has 1 aliphatic rings. The van der Waals surface area contributed by atoms with Gasteiger partial charge in [-0.2, -0.15) is 0 Å². The van der Waals surface area contributed by atoms with Gasteiger partial charge in [0.25, 0.3) is 11.8 Å². The average Bonchev–Trinajstić information content (AvgIpc) is 3.04. The van der Waals surface area contributed by atoms with Crippen molar-refractivity contribution in [1.82, 2.24) is 9.88 Å². The van der Waals surface area contributed by atoms with E-state index in [1.165, 1.54) is 17.0 Å². The van der Waals surface area contributed by atoms with E-state index in [1.54, 1.807) is 18.2 Å². The minimum atomic E-state index is -0.546. The van der Waals surface area contributed by atoms with Crippen molar-refractivity contribution in [3.63, 3.8) is 0 Å². The van der Waals surface area contributed by atoms with E-state index in [1.807, 2.05) is 48.7 Å². The fraction of sp³-hybridized carbons (Fsp3) is 0.192. The second kappa shape index (κ2) is 8.75. The Morgan fingerprint density at radius 3 is 2.33 bits per heavy atom. The number of hydrogen-bond acceptors (Lipinski definition) is 3. The van der Waals surface area contributed by atoms with Crippen LogP contribution in [0.15, 0.2) is 60.2 Å². The highest BCUT2D eigenvalue weighted by Crippen LogP contribution is 2.27. The summed E-state index contributed by atoms with van der Waals surface area (Å²) in [5.41, 5.74) is 4.71. The summed E-state index contributed by atoms with van der Waals surface area (Å²) >= 11 is 5.30. The lowest BCUT2D eigenvalue weighted by atomic mass is 10.0. The number of halogens is 1. The third-order valence-corrected chi connectivity index (χ3v) is 6.04. The van der Waals surface area contributed by atoms with Gasteiger partial charge in [-0.15, -0.1) is 0 Å². The number of rotatable bonds is 4. The number of carbonyl (C=O) groups excluding carboxylic acids is 2. The smallest absolute Gasteiger partial charge is 0.270 e. The lowest BCUT2D eigenvalue weighted by Crippen LogP contribution is -2.54. The van der Waals surface area contributed by atoms with Gasteiger partial charge in [0.1, 0.15) is 11.4 Å². The van der Waals surface area contributed by atoms with Crippen LogP contribution in [0.1, 0.15) is 42.3 Å². The highest BCUT2D eigenvalue weighted by molar-refractivity contribution is 7.80. The Labute approximate surface area is 197 Å². The maximum Gasteiger partial charge on any atom is 0.270 e. The molecule has 0 radical (unpaired) electrons. The first-order valence-corrected chi connectivity index (χ1v) is 11.0. The number of hydrogen-bond donors (Lipinski definition) is 1. The third kappa shape index (κ3) is 4.24. The highest BCUT2D eigenvalue weighted by Gasteiger charge is 2.34. The molecule has 1 fully saturated rings. The molecule has 0 spiro atoms. The standard InChI is InChI=1S/C26H24FN3O2S/c1-15(2)18-8-10-21(11-9-18)30-25(32)23(24(31)28-26(30)33)13-19-12-16(3)29(17(19)4)22-7-5-6-20(27)14-22/h5-15H,1-4H3,(H,28,31,33)/b23-13+. The van der Waals surface area contributed by atoms with Gasteiger partial charge in [-0.05, 0) is 85.6 Å². The highest BCUT2D eigenvalue weighted by atomic mass is 32.1. The predicted molar refractivity (Wildman–Crippen MR) is 132 cm³/mol. The molecular formula is C26H24FN3O2S.